The van der Waals surface area contributed by atoms with Crippen molar-refractivity contribution in [1.29, 1.82) is 0 Å². The zero-order valence-corrected chi connectivity index (χ0v) is 13.0. The van der Waals surface area contributed by atoms with Crippen LogP contribution in [0.3, 0.4) is 0 Å². The number of carbonyl (C=O) groups excluding carboxylic acids is 1. The molecule has 0 aliphatic heterocycles. The van der Waals surface area contributed by atoms with E-state index in [1.165, 1.54) is 0 Å². The molecule has 2 heteroatoms. The molecule has 0 heterocycles. The number of aromatic hydroxyl groups is 1. The molecule has 0 aliphatic carbocycles. The van der Waals surface area contributed by atoms with Gasteiger partial charge in [-0.05, 0) is 35.9 Å². The van der Waals surface area contributed by atoms with Gasteiger partial charge in [0, 0.05) is 10.9 Å². The molecule has 0 spiro atoms. The van der Waals surface area contributed by atoms with Crippen molar-refractivity contribution in [2.24, 2.45) is 0 Å². The molecule has 0 saturated heterocycles. The lowest BCUT2D eigenvalue weighted by Gasteiger charge is -2.10. The third-order valence-electron chi connectivity index (χ3n) is 3.92. The van der Waals surface area contributed by atoms with Gasteiger partial charge in [-0.2, -0.15) is 0 Å². The van der Waals surface area contributed by atoms with Crippen molar-refractivity contribution in [1.82, 2.24) is 0 Å². The van der Waals surface area contributed by atoms with E-state index in [2.05, 4.69) is 0 Å². The van der Waals surface area contributed by atoms with Crippen molar-refractivity contribution < 1.29 is 9.90 Å². The van der Waals surface area contributed by atoms with Gasteiger partial charge in [-0.15, -0.1) is 0 Å². The van der Waals surface area contributed by atoms with E-state index in [4.69, 9.17) is 0 Å². The molecule has 3 rings (SSSR count). The second-order valence-electron chi connectivity index (χ2n) is 5.55. The summed E-state index contributed by atoms with van der Waals surface area (Å²) in [5.41, 5.74) is 2.53. The first kappa shape index (κ1) is 15.0. The summed E-state index contributed by atoms with van der Waals surface area (Å²) in [6.45, 7) is 1.56. The van der Waals surface area contributed by atoms with Gasteiger partial charge in [0.25, 0.3) is 0 Å². The van der Waals surface area contributed by atoms with Crippen molar-refractivity contribution in [3.63, 3.8) is 0 Å². The number of phenols is 1. The van der Waals surface area contributed by atoms with Crippen LogP contribution in [-0.2, 0) is 6.42 Å². The fourth-order valence-corrected chi connectivity index (χ4v) is 2.75. The first-order valence-electron chi connectivity index (χ1n) is 7.63. The summed E-state index contributed by atoms with van der Waals surface area (Å²) in [5.74, 6) is 0.262. The lowest BCUT2D eigenvalue weighted by Crippen LogP contribution is -1.97. The Bertz CT molecular complexity index is 877. The van der Waals surface area contributed by atoms with Crippen molar-refractivity contribution in [3.05, 3.63) is 83.4 Å². The summed E-state index contributed by atoms with van der Waals surface area (Å²) in [6.07, 6.45) is 4.59. The average Bonchev–Trinajstić information content (AvgIpc) is 2.58. The summed E-state index contributed by atoms with van der Waals surface area (Å²) in [7, 11) is 0. The van der Waals surface area contributed by atoms with Crippen LogP contribution in [0.2, 0.25) is 0 Å². The van der Waals surface area contributed by atoms with E-state index in [9.17, 15) is 9.90 Å². The molecular weight excluding hydrogens is 284 g/mol. The quantitative estimate of drug-likeness (QED) is 0.688. The van der Waals surface area contributed by atoms with Gasteiger partial charge in [0.2, 0.25) is 0 Å². The summed E-state index contributed by atoms with van der Waals surface area (Å²) in [5, 5.41) is 12.0. The molecule has 3 aromatic carbocycles. The van der Waals surface area contributed by atoms with Crippen LogP contribution >= 0.6 is 0 Å². The molecule has 0 aliphatic rings. The Balaban J connectivity index is 1.99. The molecule has 0 saturated carbocycles. The van der Waals surface area contributed by atoms with Crippen LogP contribution in [0.25, 0.3) is 16.8 Å². The number of hydrogen-bond donors (Lipinski definition) is 1. The molecule has 0 bridgehead atoms. The molecule has 0 fully saturated rings. The second kappa shape index (κ2) is 6.49. The Morgan fingerprint density at radius 2 is 1.65 bits per heavy atom. The Morgan fingerprint density at radius 1 is 1.00 bits per heavy atom. The third kappa shape index (κ3) is 3.16. The third-order valence-corrected chi connectivity index (χ3v) is 3.92. The normalized spacial score (nSPS) is 11.2. The molecule has 2 nitrogen and oxygen atoms in total. The number of allylic oxidation sites excluding steroid dienone is 1. The van der Waals surface area contributed by atoms with Gasteiger partial charge in [0.1, 0.15) is 5.75 Å². The Kier molecular flexibility index (Phi) is 4.24. The minimum atomic E-state index is 0.00879. The zero-order valence-electron chi connectivity index (χ0n) is 13.0. The van der Waals surface area contributed by atoms with Crippen molar-refractivity contribution in [2.75, 3.05) is 0 Å². The van der Waals surface area contributed by atoms with Gasteiger partial charge in [-0.3, -0.25) is 4.79 Å². The highest BCUT2D eigenvalue weighted by atomic mass is 16.3. The van der Waals surface area contributed by atoms with E-state index in [-0.39, 0.29) is 11.5 Å². The minimum Gasteiger partial charge on any atom is -0.507 e. The van der Waals surface area contributed by atoms with Gasteiger partial charge in [0.15, 0.2) is 5.78 Å². The molecule has 1 N–H and O–H groups in total. The van der Waals surface area contributed by atoms with Gasteiger partial charge < -0.3 is 5.11 Å². The monoisotopic (exact) mass is 302 g/mol. The summed E-state index contributed by atoms with van der Waals surface area (Å²) >= 11 is 0. The largest absolute Gasteiger partial charge is 0.507 e. The van der Waals surface area contributed by atoms with Crippen LogP contribution in [0.5, 0.6) is 5.75 Å². The van der Waals surface area contributed by atoms with E-state index in [0.29, 0.717) is 12.0 Å². The Labute approximate surface area is 135 Å². The maximum atomic E-state index is 11.9. The molecule has 3 aromatic rings. The highest BCUT2D eigenvalue weighted by Gasteiger charge is 2.12. The summed E-state index contributed by atoms with van der Waals surface area (Å²) in [4.78, 5) is 11.9. The van der Waals surface area contributed by atoms with Gasteiger partial charge >= 0.3 is 0 Å². The van der Waals surface area contributed by atoms with Crippen LogP contribution in [0, 0.1) is 0 Å². The van der Waals surface area contributed by atoms with Crippen molar-refractivity contribution >= 4 is 22.6 Å². The zero-order chi connectivity index (χ0) is 16.2. The first-order chi connectivity index (χ1) is 11.2. The number of benzene rings is 3. The predicted octanol–water partition coefficient (Wildman–Crippen LogP) is 5.00. The standard InChI is InChI=1S/C21H18O2/c1-15(22)20-14-17(11-7-10-16-8-3-2-4-9-16)21(23)19-13-6-5-12-18(19)20/h2-10,12-14,23H,11H2,1H3/b10-7+. The Morgan fingerprint density at radius 3 is 2.35 bits per heavy atom. The van der Waals surface area contributed by atoms with Crippen molar-refractivity contribution in [2.45, 2.75) is 13.3 Å². The van der Waals surface area contributed by atoms with Gasteiger partial charge in [-0.1, -0.05) is 66.7 Å². The number of rotatable bonds is 4. The first-order valence-corrected chi connectivity index (χ1v) is 7.63. The fourth-order valence-electron chi connectivity index (χ4n) is 2.75. The molecule has 0 unspecified atom stereocenters. The van der Waals surface area contributed by atoms with Crippen LogP contribution in [0.15, 0.2) is 66.7 Å². The fraction of sp³-hybridized carbons (Fsp3) is 0.0952. The smallest absolute Gasteiger partial charge is 0.160 e. The number of ketones is 1. The molecule has 0 amide bonds. The van der Waals surface area contributed by atoms with Gasteiger partial charge in [-0.25, -0.2) is 0 Å². The SMILES string of the molecule is CC(=O)c1cc(C/C=C/c2ccccc2)c(O)c2ccccc12. The van der Waals surface area contributed by atoms with Crippen LogP contribution in [-0.4, -0.2) is 10.9 Å². The number of hydrogen-bond acceptors (Lipinski definition) is 2. The summed E-state index contributed by atoms with van der Waals surface area (Å²) in [6, 6.07) is 19.3. The van der Waals surface area contributed by atoms with E-state index in [0.717, 1.165) is 21.9 Å². The van der Waals surface area contributed by atoms with Crippen LogP contribution < -0.4 is 0 Å². The highest BCUT2D eigenvalue weighted by molar-refractivity contribution is 6.09. The van der Waals surface area contributed by atoms with E-state index < -0.39 is 0 Å². The second-order valence-corrected chi connectivity index (χ2v) is 5.55. The predicted molar refractivity (Wildman–Crippen MR) is 94.8 cm³/mol. The number of carbonyl (C=O) groups is 1. The molecule has 0 radical (unpaired) electrons. The van der Waals surface area contributed by atoms with Gasteiger partial charge in [0.05, 0.1) is 0 Å². The number of Topliss-reactive ketones (excluding diaryl/α,β-unsaturated/α-hetero) is 1. The molecule has 114 valence electrons. The van der Waals surface area contributed by atoms with E-state index >= 15 is 0 Å². The molecule has 23 heavy (non-hydrogen) atoms. The lowest BCUT2D eigenvalue weighted by molar-refractivity contribution is 0.101. The maximum absolute atomic E-state index is 11.9. The topological polar surface area (TPSA) is 37.3 Å². The van der Waals surface area contributed by atoms with Crippen LogP contribution in [0.4, 0.5) is 0 Å². The number of fused-ring (bicyclic) bond motifs is 1. The molecule has 0 atom stereocenters. The van der Waals surface area contributed by atoms with E-state index in [1.807, 2.05) is 66.7 Å². The number of phenolic OH excluding ortho intramolecular Hbond substituents is 1. The Hall–Kier alpha value is -2.87. The highest BCUT2D eigenvalue weighted by Crippen LogP contribution is 2.32. The molecular formula is C21H18O2. The van der Waals surface area contributed by atoms with E-state index in [1.54, 1.807) is 13.0 Å². The van der Waals surface area contributed by atoms with Crippen molar-refractivity contribution in [3.8, 4) is 5.75 Å². The van der Waals surface area contributed by atoms with Crippen LogP contribution in [0.1, 0.15) is 28.4 Å². The molecule has 0 aromatic heterocycles. The summed E-state index contributed by atoms with van der Waals surface area (Å²) < 4.78 is 0. The lowest BCUT2D eigenvalue weighted by atomic mass is 9.96. The average molecular weight is 302 g/mol. The minimum absolute atomic E-state index is 0.00879. The maximum Gasteiger partial charge on any atom is 0.160 e.